The van der Waals surface area contributed by atoms with Crippen LogP contribution in [-0.2, 0) is 6.18 Å². The minimum Gasteiger partial charge on any atom is -0.376 e. The van der Waals surface area contributed by atoms with Gasteiger partial charge in [-0.25, -0.2) is 0 Å². The Kier molecular flexibility index (Phi) is 3.97. The topological polar surface area (TPSA) is 81.2 Å². The highest BCUT2D eigenvalue weighted by molar-refractivity contribution is 7.80. The molecule has 1 aromatic carbocycles. The third kappa shape index (κ3) is 3.20. The third-order valence-electron chi connectivity index (χ3n) is 1.84. The van der Waals surface area contributed by atoms with Crippen molar-refractivity contribution in [2.75, 3.05) is 5.32 Å². The summed E-state index contributed by atoms with van der Waals surface area (Å²) in [7, 11) is 0. The van der Waals surface area contributed by atoms with E-state index in [1.165, 1.54) is 0 Å². The summed E-state index contributed by atoms with van der Waals surface area (Å²) in [4.78, 5) is 9.58. The highest BCUT2D eigenvalue weighted by atomic mass is 35.5. The van der Waals surface area contributed by atoms with Gasteiger partial charge in [-0.1, -0.05) is 11.6 Å². The number of alkyl halides is 3. The number of rotatable bonds is 2. The van der Waals surface area contributed by atoms with Crippen LogP contribution >= 0.6 is 23.8 Å². The number of anilines is 1. The Labute approximate surface area is 109 Å². The molecule has 5 nitrogen and oxygen atoms in total. The van der Waals surface area contributed by atoms with Crippen LogP contribution in [0, 0.1) is 10.1 Å². The smallest absolute Gasteiger partial charge is 0.376 e. The van der Waals surface area contributed by atoms with E-state index in [-0.39, 0.29) is 10.8 Å². The van der Waals surface area contributed by atoms with E-state index in [1.54, 1.807) is 0 Å². The lowest BCUT2D eigenvalue weighted by atomic mass is 10.1. The summed E-state index contributed by atoms with van der Waals surface area (Å²) in [5, 5.41) is 11.9. The largest absolute Gasteiger partial charge is 0.416 e. The fourth-order valence-corrected chi connectivity index (χ4v) is 1.46. The lowest BCUT2D eigenvalue weighted by Crippen LogP contribution is -2.20. The van der Waals surface area contributed by atoms with Gasteiger partial charge in [-0.15, -0.1) is 0 Å². The van der Waals surface area contributed by atoms with Crippen LogP contribution in [0.15, 0.2) is 12.1 Å². The predicted octanol–water partition coefficient (Wildman–Crippen LogP) is 2.92. The molecule has 98 valence electrons. The summed E-state index contributed by atoms with van der Waals surface area (Å²) in [6.07, 6.45) is -4.75. The van der Waals surface area contributed by atoms with Crippen molar-refractivity contribution in [1.29, 1.82) is 0 Å². The van der Waals surface area contributed by atoms with Crippen LogP contribution < -0.4 is 11.1 Å². The highest BCUT2D eigenvalue weighted by Crippen LogP contribution is 2.39. The second-order valence-corrected chi connectivity index (χ2v) is 3.92. The van der Waals surface area contributed by atoms with Gasteiger partial charge >= 0.3 is 6.18 Å². The van der Waals surface area contributed by atoms with Crippen molar-refractivity contribution in [3.63, 3.8) is 0 Å². The Morgan fingerprint density at radius 2 is 2.06 bits per heavy atom. The van der Waals surface area contributed by atoms with E-state index in [2.05, 4.69) is 17.5 Å². The Balaban J connectivity index is 3.46. The molecule has 1 aromatic rings. The summed E-state index contributed by atoms with van der Waals surface area (Å²) >= 11 is 10.0. The molecule has 18 heavy (non-hydrogen) atoms. The van der Waals surface area contributed by atoms with Crippen LogP contribution in [-0.4, -0.2) is 10.0 Å². The quantitative estimate of drug-likeness (QED) is 0.498. The molecule has 0 aliphatic heterocycles. The first kappa shape index (κ1) is 14.5. The molecule has 1 rings (SSSR count). The number of nitrogens with zero attached hydrogens (tertiary/aromatic N) is 1. The zero-order chi connectivity index (χ0) is 14.1. The number of benzene rings is 1. The van der Waals surface area contributed by atoms with Crippen molar-refractivity contribution < 1.29 is 18.1 Å². The molecule has 10 heteroatoms. The molecular formula is C8H5ClF3N3O2S. The number of thiocarbonyl (C=S) groups is 1. The molecule has 0 fully saturated rings. The molecule has 0 amide bonds. The van der Waals surface area contributed by atoms with Gasteiger partial charge in [0.25, 0.3) is 5.69 Å². The van der Waals surface area contributed by atoms with E-state index in [0.29, 0.717) is 12.1 Å². The number of nitro benzene ring substituents is 1. The molecule has 0 bridgehead atoms. The first-order valence-electron chi connectivity index (χ1n) is 4.24. The van der Waals surface area contributed by atoms with Crippen molar-refractivity contribution in [2.24, 2.45) is 5.73 Å². The van der Waals surface area contributed by atoms with Gasteiger partial charge in [0, 0.05) is 6.07 Å². The zero-order valence-corrected chi connectivity index (χ0v) is 9.99. The molecular weight excluding hydrogens is 295 g/mol. The van der Waals surface area contributed by atoms with Gasteiger partial charge in [0.05, 0.1) is 16.2 Å². The molecule has 0 spiro atoms. The summed E-state index contributed by atoms with van der Waals surface area (Å²) in [6.45, 7) is 0. The van der Waals surface area contributed by atoms with Crippen LogP contribution in [0.5, 0.6) is 0 Å². The van der Waals surface area contributed by atoms with Crippen molar-refractivity contribution in [2.45, 2.75) is 6.18 Å². The molecule has 0 aromatic heterocycles. The van der Waals surface area contributed by atoms with Gasteiger partial charge < -0.3 is 11.1 Å². The lowest BCUT2D eigenvalue weighted by molar-refractivity contribution is -0.384. The zero-order valence-electron chi connectivity index (χ0n) is 8.42. The number of hydrogen-bond donors (Lipinski definition) is 2. The Bertz CT molecular complexity index is 521. The van der Waals surface area contributed by atoms with Gasteiger partial charge in [-0.3, -0.25) is 10.1 Å². The molecule has 0 radical (unpaired) electrons. The van der Waals surface area contributed by atoms with E-state index in [4.69, 9.17) is 17.3 Å². The maximum absolute atomic E-state index is 12.5. The first-order valence-corrected chi connectivity index (χ1v) is 5.03. The minimum atomic E-state index is -4.75. The normalized spacial score (nSPS) is 11.1. The summed E-state index contributed by atoms with van der Waals surface area (Å²) < 4.78 is 37.6. The number of halogens is 4. The van der Waals surface area contributed by atoms with Crippen LogP contribution in [0.25, 0.3) is 0 Å². The van der Waals surface area contributed by atoms with Gasteiger partial charge in [-0.05, 0) is 18.3 Å². The third-order valence-corrected chi connectivity index (χ3v) is 2.33. The second kappa shape index (κ2) is 4.94. The van der Waals surface area contributed by atoms with Gasteiger partial charge in [0.2, 0.25) is 0 Å². The van der Waals surface area contributed by atoms with Crippen LogP contribution in [0.3, 0.4) is 0 Å². The molecule has 0 aliphatic carbocycles. The van der Waals surface area contributed by atoms with Crippen molar-refractivity contribution >= 4 is 40.3 Å². The molecule has 0 heterocycles. The minimum absolute atomic E-state index is 0.340. The van der Waals surface area contributed by atoms with Crippen LogP contribution in [0.2, 0.25) is 5.02 Å². The van der Waals surface area contributed by atoms with Crippen LogP contribution in [0.1, 0.15) is 5.56 Å². The van der Waals surface area contributed by atoms with Gasteiger partial charge in [-0.2, -0.15) is 13.2 Å². The first-order chi connectivity index (χ1) is 8.12. The van der Waals surface area contributed by atoms with Crippen LogP contribution in [0.4, 0.5) is 24.5 Å². The number of hydrogen-bond acceptors (Lipinski definition) is 3. The van der Waals surface area contributed by atoms with E-state index in [9.17, 15) is 23.3 Å². The summed E-state index contributed by atoms with van der Waals surface area (Å²) in [5.41, 5.74) is 2.61. The summed E-state index contributed by atoms with van der Waals surface area (Å²) in [6, 6.07) is 0.932. The standard InChI is InChI=1S/C8H5ClF3N3O2S/c9-6-4(14-7(13)18)1-3(8(10,11)12)2-5(6)15(16)17/h1-2H,(H3,13,14,18). The average Bonchev–Trinajstić information content (AvgIpc) is 2.18. The lowest BCUT2D eigenvalue weighted by Gasteiger charge is -2.11. The maximum Gasteiger partial charge on any atom is 0.416 e. The molecule has 0 saturated carbocycles. The summed E-state index contributed by atoms with van der Waals surface area (Å²) in [5.74, 6) is 0. The predicted molar refractivity (Wildman–Crippen MR) is 63.5 cm³/mol. The number of nitro groups is 1. The Hall–Kier alpha value is -1.61. The van der Waals surface area contributed by atoms with E-state index >= 15 is 0 Å². The fraction of sp³-hybridized carbons (Fsp3) is 0.125. The van der Waals surface area contributed by atoms with E-state index in [1.807, 2.05) is 0 Å². The average molecular weight is 300 g/mol. The van der Waals surface area contributed by atoms with E-state index < -0.39 is 27.4 Å². The molecule has 3 N–H and O–H groups in total. The van der Waals surface area contributed by atoms with E-state index in [0.717, 1.165) is 0 Å². The monoisotopic (exact) mass is 299 g/mol. The molecule has 0 saturated heterocycles. The molecule has 0 unspecified atom stereocenters. The SMILES string of the molecule is NC(=S)Nc1cc(C(F)(F)F)cc([N+](=O)[O-])c1Cl. The van der Waals surface area contributed by atoms with Crippen molar-refractivity contribution in [3.05, 3.63) is 32.8 Å². The Morgan fingerprint density at radius 3 is 2.44 bits per heavy atom. The van der Waals surface area contributed by atoms with Gasteiger partial charge in [0.1, 0.15) is 5.02 Å². The molecule has 0 aliphatic rings. The number of nitrogens with one attached hydrogen (secondary N) is 1. The van der Waals surface area contributed by atoms with Gasteiger partial charge in [0.15, 0.2) is 5.11 Å². The molecule has 0 atom stereocenters. The number of nitrogens with two attached hydrogens (primary N) is 1. The fourth-order valence-electron chi connectivity index (χ4n) is 1.13. The highest BCUT2D eigenvalue weighted by Gasteiger charge is 2.34. The Morgan fingerprint density at radius 1 is 1.50 bits per heavy atom. The van der Waals surface area contributed by atoms with Crippen molar-refractivity contribution in [1.82, 2.24) is 0 Å². The second-order valence-electron chi connectivity index (χ2n) is 3.10. The maximum atomic E-state index is 12.5. The van der Waals surface area contributed by atoms with Crippen molar-refractivity contribution in [3.8, 4) is 0 Å².